The van der Waals surface area contributed by atoms with Gasteiger partial charge in [0.15, 0.2) is 0 Å². The van der Waals surface area contributed by atoms with Gasteiger partial charge in [0.25, 0.3) is 0 Å². The van der Waals surface area contributed by atoms with E-state index in [-0.39, 0.29) is 5.41 Å². The first kappa shape index (κ1) is 14.3. The van der Waals surface area contributed by atoms with Crippen LogP contribution < -0.4 is 0 Å². The van der Waals surface area contributed by atoms with Crippen LogP contribution in [-0.2, 0) is 5.41 Å². The van der Waals surface area contributed by atoms with Crippen molar-refractivity contribution in [3.63, 3.8) is 0 Å². The first-order valence-electron chi connectivity index (χ1n) is 5.58. The molecule has 0 fully saturated rings. The molecule has 0 saturated carbocycles. The van der Waals surface area contributed by atoms with Crippen LogP contribution in [0.25, 0.3) is 0 Å². The lowest BCUT2D eigenvalue weighted by molar-refractivity contribution is 0.392. The fraction of sp³-hybridized carbons (Fsp3) is 0.538. The van der Waals surface area contributed by atoms with E-state index in [1.165, 1.54) is 5.56 Å². The highest BCUT2D eigenvalue weighted by molar-refractivity contribution is 7.80. The summed E-state index contributed by atoms with van der Waals surface area (Å²) in [7, 11) is 0. The third kappa shape index (κ3) is 3.64. The van der Waals surface area contributed by atoms with Crippen LogP contribution in [0.5, 0.6) is 0 Å². The van der Waals surface area contributed by atoms with Gasteiger partial charge in [-0.05, 0) is 53.6 Å². The Morgan fingerprint density at radius 1 is 0.875 bits per heavy atom. The van der Waals surface area contributed by atoms with Crippen LogP contribution in [0, 0.1) is 6.07 Å². The summed E-state index contributed by atoms with van der Waals surface area (Å²) in [5, 5.41) is 0. The van der Waals surface area contributed by atoms with E-state index >= 15 is 0 Å². The maximum Gasteiger partial charge on any atom is -0.00237 e. The topological polar surface area (TPSA) is 0 Å². The smallest absolute Gasteiger partial charge is 0.00237 e. The van der Waals surface area contributed by atoms with Crippen molar-refractivity contribution in [2.24, 2.45) is 0 Å². The van der Waals surface area contributed by atoms with Gasteiger partial charge in [-0.25, -0.2) is 0 Å². The quantitative estimate of drug-likeness (QED) is 0.619. The fourth-order valence-corrected chi connectivity index (χ4v) is 3.47. The third-order valence-electron chi connectivity index (χ3n) is 3.10. The summed E-state index contributed by atoms with van der Waals surface area (Å²) < 4.78 is 0. The molecule has 0 aliphatic carbocycles. The van der Waals surface area contributed by atoms with Crippen molar-refractivity contribution in [1.29, 1.82) is 0 Å². The van der Waals surface area contributed by atoms with E-state index in [2.05, 4.69) is 56.1 Å². The molecule has 1 aromatic rings. The molecule has 0 N–H and O–H groups in total. The van der Waals surface area contributed by atoms with Crippen molar-refractivity contribution in [2.75, 3.05) is 17.3 Å². The van der Waals surface area contributed by atoms with E-state index < -0.39 is 0 Å². The highest BCUT2D eigenvalue weighted by atomic mass is 32.1. The molecule has 0 saturated heterocycles. The highest BCUT2D eigenvalue weighted by Crippen LogP contribution is 2.36. The SMILES string of the molecule is SCCC(CCS)(CCS)c1cc[c]cc1. The Morgan fingerprint density at radius 3 is 1.69 bits per heavy atom. The van der Waals surface area contributed by atoms with Gasteiger partial charge < -0.3 is 0 Å². The summed E-state index contributed by atoms with van der Waals surface area (Å²) in [5.74, 6) is 2.71. The first-order valence-corrected chi connectivity index (χ1v) is 7.48. The second kappa shape index (κ2) is 7.57. The summed E-state index contributed by atoms with van der Waals surface area (Å²) in [6.07, 6.45) is 3.25. The van der Waals surface area contributed by atoms with Gasteiger partial charge in [-0.2, -0.15) is 37.9 Å². The summed E-state index contributed by atoms with van der Waals surface area (Å²) in [6.45, 7) is 0. The molecule has 1 aromatic carbocycles. The van der Waals surface area contributed by atoms with Gasteiger partial charge in [-0.3, -0.25) is 0 Å². The molecule has 0 atom stereocenters. The van der Waals surface area contributed by atoms with Gasteiger partial charge in [0.2, 0.25) is 0 Å². The summed E-state index contributed by atoms with van der Waals surface area (Å²) >= 11 is 13.2. The Bertz CT molecular complexity index is 267. The minimum Gasteiger partial charge on any atom is -0.179 e. The van der Waals surface area contributed by atoms with Gasteiger partial charge >= 0.3 is 0 Å². The summed E-state index contributed by atoms with van der Waals surface area (Å²) in [5.41, 5.74) is 1.57. The molecule has 0 aromatic heterocycles. The van der Waals surface area contributed by atoms with Crippen molar-refractivity contribution in [2.45, 2.75) is 24.7 Å². The second-order valence-electron chi connectivity index (χ2n) is 3.99. The lowest BCUT2D eigenvalue weighted by Gasteiger charge is -2.33. The van der Waals surface area contributed by atoms with Crippen LogP contribution in [0.3, 0.4) is 0 Å². The minimum atomic E-state index is 0.195. The van der Waals surface area contributed by atoms with Crippen molar-refractivity contribution < 1.29 is 0 Å². The molecule has 1 radical (unpaired) electrons. The van der Waals surface area contributed by atoms with Crippen LogP contribution in [-0.4, -0.2) is 17.3 Å². The van der Waals surface area contributed by atoms with Gasteiger partial charge in [-0.15, -0.1) is 0 Å². The molecule has 16 heavy (non-hydrogen) atoms. The number of hydrogen-bond acceptors (Lipinski definition) is 3. The van der Waals surface area contributed by atoms with Crippen LogP contribution in [0.4, 0.5) is 0 Å². The van der Waals surface area contributed by atoms with Crippen molar-refractivity contribution in [3.05, 3.63) is 35.9 Å². The molecule has 0 amide bonds. The molecule has 0 aliphatic heterocycles. The average Bonchev–Trinajstić information content (AvgIpc) is 2.31. The Kier molecular flexibility index (Phi) is 6.78. The minimum absolute atomic E-state index is 0.195. The normalized spacial score (nSPS) is 11.7. The Hall–Kier alpha value is 0.270. The van der Waals surface area contributed by atoms with Crippen LogP contribution in [0.1, 0.15) is 24.8 Å². The molecular weight excluding hydrogens is 252 g/mol. The van der Waals surface area contributed by atoms with E-state index in [4.69, 9.17) is 0 Å². The molecule has 89 valence electrons. The van der Waals surface area contributed by atoms with Gasteiger partial charge in [-0.1, -0.05) is 24.3 Å². The van der Waals surface area contributed by atoms with Gasteiger partial charge in [0.05, 0.1) is 0 Å². The highest BCUT2D eigenvalue weighted by Gasteiger charge is 2.29. The third-order valence-corrected chi connectivity index (χ3v) is 3.77. The number of benzene rings is 1. The predicted octanol–water partition coefficient (Wildman–Crippen LogP) is 3.68. The number of thiol groups is 3. The zero-order chi connectivity index (χ0) is 11.9. The number of hydrogen-bond donors (Lipinski definition) is 3. The van der Waals surface area contributed by atoms with Crippen molar-refractivity contribution in [3.8, 4) is 0 Å². The zero-order valence-corrected chi connectivity index (χ0v) is 12.1. The second-order valence-corrected chi connectivity index (χ2v) is 5.33. The molecule has 0 nitrogen and oxygen atoms in total. The lowest BCUT2D eigenvalue weighted by Crippen LogP contribution is -2.28. The molecule has 0 aliphatic rings. The first-order chi connectivity index (χ1) is 7.79. The van der Waals surface area contributed by atoms with Crippen LogP contribution in [0.2, 0.25) is 0 Å². The molecule has 1 rings (SSSR count). The van der Waals surface area contributed by atoms with Crippen molar-refractivity contribution >= 4 is 37.9 Å². The maximum absolute atomic E-state index is 4.39. The standard InChI is InChI=1S/C13H19S3/c14-9-6-13(7-10-15,8-11-16)12-4-2-1-3-5-12/h2-5,14-16H,6-11H2. The Labute approximate surface area is 115 Å². The monoisotopic (exact) mass is 271 g/mol. The van der Waals surface area contributed by atoms with Crippen LogP contribution in [0.15, 0.2) is 24.3 Å². The largest absolute Gasteiger partial charge is 0.179 e. The van der Waals surface area contributed by atoms with E-state index in [1.54, 1.807) is 0 Å². The summed E-state index contributed by atoms with van der Waals surface area (Å²) in [4.78, 5) is 0. The summed E-state index contributed by atoms with van der Waals surface area (Å²) in [6, 6.07) is 11.4. The van der Waals surface area contributed by atoms with E-state index in [9.17, 15) is 0 Å². The lowest BCUT2D eigenvalue weighted by atomic mass is 9.74. The van der Waals surface area contributed by atoms with Gasteiger partial charge in [0.1, 0.15) is 0 Å². The molecule has 3 heteroatoms. The van der Waals surface area contributed by atoms with Crippen molar-refractivity contribution in [1.82, 2.24) is 0 Å². The molecule has 0 unspecified atom stereocenters. The molecule has 0 bridgehead atoms. The van der Waals surface area contributed by atoms with E-state index in [0.717, 1.165) is 36.5 Å². The van der Waals surface area contributed by atoms with E-state index in [0.29, 0.717) is 0 Å². The molecular formula is C13H19S3. The zero-order valence-electron chi connectivity index (χ0n) is 9.39. The fourth-order valence-electron chi connectivity index (χ4n) is 2.19. The average molecular weight is 271 g/mol. The maximum atomic E-state index is 4.39. The van der Waals surface area contributed by atoms with E-state index in [1.807, 2.05) is 12.1 Å². The van der Waals surface area contributed by atoms with Crippen LogP contribution >= 0.6 is 37.9 Å². The number of rotatable bonds is 7. The molecule has 0 heterocycles. The Balaban J connectivity index is 2.99. The molecule has 0 spiro atoms. The van der Waals surface area contributed by atoms with Gasteiger partial charge in [0, 0.05) is 0 Å². The Morgan fingerprint density at radius 2 is 1.31 bits per heavy atom. The predicted molar refractivity (Wildman–Crippen MR) is 82.4 cm³/mol.